The first kappa shape index (κ1) is 21.7. The summed E-state index contributed by atoms with van der Waals surface area (Å²) in [6.07, 6.45) is 0. The summed E-state index contributed by atoms with van der Waals surface area (Å²) in [6, 6.07) is 22.2. The first-order valence-electron chi connectivity index (χ1n) is 10.5. The maximum atomic E-state index is 13.8. The Balaban J connectivity index is 1.43. The van der Waals surface area contributed by atoms with Crippen LogP contribution in [0.4, 0.5) is 10.2 Å². The lowest BCUT2D eigenvalue weighted by molar-refractivity contribution is 0.306. The van der Waals surface area contributed by atoms with Gasteiger partial charge in [-0.1, -0.05) is 59.8 Å². The van der Waals surface area contributed by atoms with E-state index in [1.165, 1.54) is 12.1 Å². The third-order valence-electron chi connectivity index (χ3n) is 5.48. The Morgan fingerprint density at radius 3 is 2.58 bits per heavy atom. The number of aliphatic imine (C=N–C) groups is 1. The van der Waals surface area contributed by atoms with Crippen LogP contribution in [0.3, 0.4) is 0 Å². The summed E-state index contributed by atoms with van der Waals surface area (Å²) < 4.78 is 21.5. The Morgan fingerprint density at radius 1 is 1.03 bits per heavy atom. The molecule has 0 bridgehead atoms. The molecule has 0 spiro atoms. The second kappa shape index (κ2) is 9.04. The first-order chi connectivity index (χ1) is 16.0. The monoisotopic (exact) mass is 477 g/mol. The number of hydrogen-bond donors (Lipinski definition) is 0. The summed E-state index contributed by atoms with van der Waals surface area (Å²) in [5.41, 5.74) is 4.65. The number of halogens is 2. The average Bonchev–Trinajstić information content (AvgIpc) is 3.14. The number of fused-ring (bicyclic) bond motifs is 1. The smallest absolute Gasteiger partial charge is 0.161 e. The van der Waals surface area contributed by atoms with Crippen LogP contribution in [0.1, 0.15) is 34.6 Å². The lowest BCUT2D eigenvalue weighted by atomic mass is 10.0. The van der Waals surface area contributed by atoms with Gasteiger partial charge in [-0.2, -0.15) is 5.10 Å². The van der Waals surface area contributed by atoms with E-state index in [0.29, 0.717) is 17.3 Å². The highest BCUT2D eigenvalue weighted by Crippen LogP contribution is 2.47. The number of thioether (sulfide) groups is 1. The number of nitrogens with zero attached hydrogens (tertiary/aromatic N) is 3. The van der Waals surface area contributed by atoms with E-state index in [4.69, 9.17) is 26.4 Å². The van der Waals surface area contributed by atoms with Gasteiger partial charge < -0.3 is 4.74 Å². The van der Waals surface area contributed by atoms with Crippen molar-refractivity contribution < 1.29 is 9.13 Å². The molecular formula is C26H21ClFN3OS. The molecule has 1 aromatic heterocycles. The molecule has 1 atom stereocenters. The minimum atomic E-state index is -0.302. The molecule has 4 nitrogen and oxygen atoms in total. The van der Waals surface area contributed by atoms with Crippen molar-refractivity contribution in [1.82, 2.24) is 9.78 Å². The second-order valence-corrected chi connectivity index (χ2v) is 9.50. The van der Waals surface area contributed by atoms with Crippen LogP contribution in [0.15, 0.2) is 77.8 Å². The van der Waals surface area contributed by atoms with Crippen LogP contribution in [0, 0.1) is 12.7 Å². The average molecular weight is 478 g/mol. The second-order valence-electron chi connectivity index (χ2n) is 7.79. The van der Waals surface area contributed by atoms with Crippen molar-refractivity contribution in [3.05, 3.63) is 106 Å². The van der Waals surface area contributed by atoms with Crippen LogP contribution in [0.5, 0.6) is 5.75 Å². The quantitative estimate of drug-likeness (QED) is 0.300. The van der Waals surface area contributed by atoms with Gasteiger partial charge in [-0.3, -0.25) is 0 Å². The Bertz CT molecular complexity index is 1350. The molecule has 7 heteroatoms. The summed E-state index contributed by atoms with van der Waals surface area (Å²) in [4.78, 5) is 4.76. The SMILES string of the molecule is CC1=Nc2c(c(C)nn2-c2cccc(F)c2)[C@H](c2ccc(OCc3ccccc3Cl)cc2)S1. The molecule has 4 aromatic rings. The van der Waals surface area contributed by atoms with Crippen molar-refractivity contribution in [2.45, 2.75) is 25.7 Å². The van der Waals surface area contributed by atoms with E-state index < -0.39 is 0 Å². The number of benzene rings is 3. The summed E-state index contributed by atoms with van der Waals surface area (Å²) in [5.74, 6) is 1.22. The summed E-state index contributed by atoms with van der Waals surface area (Å²) >= 11 is 7.92. The summed E-state index contributed by atoms with van der Waals surface area (Å²) in [7, 11) is 0. The zero-order valence-electron chi connectivity index (χ0n) is 18.1. The van der Waals surface area contributed by atoms with Crippen LogP contribution >= 0.6 is 23.4 Å². The van der Waals surface area contributed by atoms with E-state index in [1.807, 2.05) is 56.3 Å². The van der Waals surface area contributed by atoms with Crippen LogP contribution in [-0.2, 0) is 6.61 Å². The van der Waals surface area contributed by atoms with Gasteiger partial charge in [0.15, 0.2) is 5.82 Å². The first-order valence-corrected chi connectivity index (χ1v) is 11.8. The summed E-state index contributed by atoms with van der Waals surface area (Å²) in [5, 5.41) is 6.36. The molecule has 166 valence electrons. The molecule has 1 aliphatic rings. The van der Waals surface area contributed by atoms with Crippen LogP contribution in [0.25, 0.3) is 5.69 Å². The molecule has 5 rings (SSSR count). The normalized spacial score (nSPS) is 15.2. The molecule has 0 amide bonds. The highest BCUT2D eigenvalue weighted by Gasteiger charge is 2.30. The van der Waals surface area contributed by atoms with Crippen molar-refractivity contribution in [1.29, 1.82) is 0 Å². The topological polar surface area (TPSA) is 39.4 Å². The summed E-state index contributed by atoms with van der Waals surface area (Å²) in [6.45, 7) is 4.37. The lowest BCUT2D eigenvalue weighted by Crippen LogP contribution is -2.06. The molecule has 0 fully saturated rings. The minimum absolute atomic E-state index is 0.0393. The van der Waals surface area contributed by atoms with Crippen LogP contribution in [0.2, 0.25) is 5.02 Å². The maximum absolute atomic E-state index is 13.8. The Morgan fingerprint density at radius 2 is 1.82 bits per heavy atom. The van der Waals surface area contributed by atoms with E-state index in [-0.39, 0.29) is 11.1 Å². The van der Waals surface area contributed by atoms with Crippen LogP contribution < -0.4 is 4.74 Å². The molecule has 0 N–H and O–H groups in total. The van der Waals surface area contributed by atoms with E-state index in [0.717, 1.165) is 39.0 Å². The van der Waals surface area contributed by atoms with Crippen molar-refractivity contribution in [2.24, 2.45) is 4.99 Å². The molecule has 3 aromatic carbocycles. The molecule has 0 saturated heterocycles. The number of aryl methyl sites for hydroxylation is 1. The van der Waals surface area contributed by atoms with Crippen LogP contribution in [-0.4, -0.2) is 14.8 Å². The largest absolute Gasteiger partial charge is 0.489 e. The molecule has 1 aliphatic heterocycles. The molecule has 0 aliphatic carbocycles. The van der Waals surface area contributed by atoms with Gasteiger partial charge in [0.2, 0.25) is 0 Å². The van der Waals surface area contributed by atoms with Gasteiger partial charge in [-0.25, -0.2) is 14.1 Å². The molecular weight excluding hydrogens is 457 g/mol. The number of hydrogen-bond acceptors (Lipinski definition) is 4. The van der Waals surface area contributed by atoms with E-state index in [2.05, 4.69) is 12.1 Å². The van der Waals surface area contributed by atoms with Gasteiger partial charge in [0, 0.05) is 16.1 Å². The van der Waals surface area contributed by atoms with E-state index in [1.54, 1.807) is 22.5 Å². The predicted octanol–water partition coefficient (Wildman–Crippen LogP) is 7.44. The Labute approximate surface area is 201 Å². The van der Waals surface area contributed by atoms with Gasteiger partial charge in [0.05, 0.1) is 21.7 Å². The fourth-order valence-electron chi connectivity index (χ4n) is 3.88. The fourth-order valence-corrected chi connectivity index (χ4v) is 5.24. The molecule has 0 radical (unpaired) electrons. The Kier molecular flexibility index (Phi) is 5.96. The highest BCUT2D eigenvalue weighted by molar-refractivity contribution is 8.14. The van der Waals surface area contributed by atoms with Gasteiger partial charge in [-0.15, -0.1) is 0 Å². The van der Waals surface area contributed by atoms with Crippen molar-refractivity contribution in [3.63, 3.8) is 0 Å². The number of ether oxygens (including phenoxy) is 1. The predicted molar refractivity (Wildman–Crippen MR) is 133 cm³/mol. The standard InChI is InChI=1S/C26H21ClFN3OS/c1-16-24-25(18-10-12-22(13-11-18)32-15-19-6-3-4-9-23(19)27)33-17(2)29-26(24)31(30-16)21-8-5-7-20(28)14-21/h3-14,25H,15H2,1-2H3/t25-/m0/s1. The van der Waals surface area contributed by atoms with Gasteiger partial charge in [0.1, 0.15) is 18.2 Å². The number of rotatable bonds is 5. The van der Waals surface area contributed by atoms with Gasteiger partial charge in [-0.05, 0) is 55.8 Å². The van der Waals surface area contributed by atoms with E-state index in [9.17, 15) is 4.39 Å². The molecule has 0 unspecified atom stereocenters. The molecule has 0 saturated carbocycles. The molecule has 2 heterocycles. The van der Waals surface area contributed by atoms with E-state index >= 15 is 0 Å². The maximum Gasteiger partial charge on any atom is 0.161 e. The van der Waals surface area contributed by atoms with Crippen molar-refractivity contribution >= 4 is 34.2 Å². The zero-order valence-corrected chi connectivity index (χ0v) is 19.7. The highest BCUT2D eigenvalue weighted by atomic mass is 35.5. The van der Waals surface area contributed by atoms with Gasteiger partial charge in [0.25, 0.3) is 0 Å². The minimum Gasteiger partial charge on any atom is -0.489 e. The zero-order chi connectivity index (χ0) is 22.9. The molecule has 33 heavy (non-hydrogen) atoms. The van der Waals surface area contributed by atoms with Crippen molar-refractivity contribution in [2.75, 3.05) is 0 Å². The van der Waals surface area contributed by atoms with Crippen molar-refractivity contribution in [3.8, 4) is 11.4 Å². The van der Waals surface area contributed by atoms with Gasteiger partial charge >= 0.3 is 0 Å². The Hall–Kier alpha value is -3.09. The lowest BCUT2D eigenvalue weighted by Gasteiger charge is -2.22. The fraction of sp³-hybridized carbons (Fsp3) is 0.154. The third-order valence-corrected chi connectivity index (χ3v) is 7.03. The third kappa shape index (κ3) is 4.41. The number of aromatic nitrogens is 2.